The molecule has 8 bridgehead atoms. The van der Waals surface area contributed by atoms with Crippen LogP contribution in [0.2, 0.25) is 9.26 Å². The number of allylic oxidation sites excluding steroid dienone is 2. The van der Waals surface area contributed by atoms with Gasteiger partial charge in [0.2, 0.25) is 0 Å². The molecular weight excluding hydrogens is 1180 g/mol. The standard InChI is InChI=1S/2C40H35.2CH3.2ClH.H2Si.Zr/c2*1-3-11-32-30(7-1)9-5-13-34(32)36-15-16-37(35-14-6-10-31-8-2-4-12-33(31)35)39-21-29(20-38(36)39)25-40-22-26-17-27(23-40)19-28(18-26)24-40;;;;;;/h2*1-16,20-21,26-28H,17-19,22-25H2;2*1H3;2*1H;1H2;. The third kappa shape index (κ3) is 8.70. The molecule has 10 aromatic rings. The Morgan fingerprint density at radius 1 is 0.326 bits per heavy atom. The van der Waals surface area contributed by atoms with Crippen LogP contribution >= 0.6 is 24.8 Å². The van der Waals surface area contributed by atoms with Gasteiger partial charge in [-0.3, -0.25) is 0 Å². The summed E-state index contributed by atoms with van der Waals surface area (Å²) in [6.07, 6.45) is 25.8. The Labute approximate surface area is 524 Å². The summed E-state index contributed by atoms with van der Waals surface area (Å²) in [6.45, 7) is 2.67. The summed E-state index contributed by atoms with van der Waals surface area (Å²) in [7, 11) is 0. The maximum absolute atomic E-state index is 4.69. The van der Waals surface area contributed by atoms with Crippen LogP contribution in [-0.4, -0.2) is 6.88 Å². The molecule has 0 aromatic heterocycles. The van der Waals surface area contributed by atoms with Crippen molar-refractivity contribution in [2.45, 2.75) is 106 Å². The second kappa shape index (κ2) is 20.5. The molecule has 10 aliphatic rings. The van der Waals surface area contributed by atoms with Gasteiger partial charge in [0.05, 0.1) is 0 Å². The molecule has 10 aliphatic carbocycles. The average Bonchev–Trinajstić information content (AvgIpc) is 1.48. The number of hydrogen-bond donors (Lipinski definition) is 0. The van der Waals surface area contributed by atoms with Gasteiger partial charge in [0.1, 0.15) is 0 Å². The van der Waals surface area contributed by atoms with E-state index in [1.165, 1.54) is 189 Å². The van der Waals surface area contributed by atoms with E-state index in [-0.39, 0.29) is 24.8 Å². The molecule has 0 spiro atoms. The average molecular weight is 1260 g/mol. The number of hydrogen-bond acceptors (Lipinski definition) is 0. The Bertz CT molecular complexity index is 4210. The van der Waals surface area contributed by atoms with Crippen molar-refractivity contribution in [3.05, 3.63) is 228 Å². The number of fused-ring (bicyclic) bond motifs is 6. The van der Waals surface area contributed by atoms with E-state index in [4.69, 9.17) is 0 Å². The molecule has 10 aromatic carbocycles. The van der Waals surface area contributed by atoms with Crippen LogP contribution < -0.4 is 0 Å². The van der Waals surface area contributed by atoms with Gasteiger partial charge < -0.3 is 0 Å². The summed E-state index contributed by atoms with van der Waals surface area (Å²) >= 11 is -4.69. The molecule has 20 rings (SSSR count). The van der Waals surface area contributed by atoms with Crippen LogP contribution in [0.15, 0.2) is 205 Å². The quantitative estimate of drug-likeness (QED) is 0.120. The van der Waals surface area contributed by atoms with Crippen LogP contribution in [0.1, 0.15) is 119 Å². The number of halogens is 2. The van der Waals surface area contributed by atoms with Gasteiger partial charge in [-0.1, -0.05) is 0 Å². The van der Waals surface area contributed by atoms with Crippen LogP contribution in [0.3, 0.4) is 0 Å². The SMILES string of the molecule is Cl.Cl.[CH3][Zr]([CH3])(=[SiH2])([CH]1C(CC23CC4CC(CC(C4)C2)C3)=Cc2c(-c3cccc4ccccc34)ccc(-c3cccc4ccccc34)c21)[CH]1C(CC23CC4CC(CC(C4)C2)C3)=Cc2c(-c3cccc4ccccc34)ccc(-c3cccc4ccccc34)c21. The monoisotopic (exact) mass is 1250 g/mol. The first-order valence-corrected chi connectivity index (χ1v) is 46.4. The van der Waals surface area contributed by atoms with E-state index in [0.717, 1.165) is 35.5 Å². The Morgan fingerprint density at radius 2 is 0.581 bits per heavy atom. The van der Waals surface area contributed by atoms with Crippen LogP contribution in [0.25, 0.3) is 99.7 Å². The van der Waals surface area contributed by atoms with Crippen LogP contribution in [0, 0.1) is 46.3 Å². The van der Waals surface area contributed by atoms with Gasteiger partial charge in [-0.15, -0.1) is 24.8 Å². The van der Waals surface area contributed by atoms with E-state index in [0.29, 0.717) is 18.1 Å². The molecule has 86 heavy (non-hydrogen) atoms. The van der Waals surface area contributed by atoms with Crippen molar-refractivity contribution in [1.29, 1.82) is 0 Å². The van der Waals surface area contributed by atoms with Gasteiger partial charge in [-0.25, -0.2) is 0 Å². The first-order valence-electron chi connectivity index (χ1n) is 32.7. The van der Waals surface area contributed by atoms with Crippen molar-refractivity contribution in [1.82, 2.24) is 0 Å². The topological polar surface area (TPSA) is 0 Å². The third-order valence-electron chi connectivity index (χ3n) is 24.3. The summed E-state index contributed by atoms with van der Waals surface area (Å²) in [4.78, 5) is 0. The second-order valence-corrected chi connectivity index (χ2v) is 61.0. The number of rotatable bonds is 10. The van der Waals surface area contributed by atoms with Crippen molar-refractivity contribution >= 4 is 86.9 Å². The Balaban J connectivity index is 0.00000300. The molecule has 430 valence electrons. The second-order valence-electron chi connectivity index (χ2n) is 30.5. The van der Waals surface area contributed by atoms with E-state index < -0.39 is 17.4 Å². The van der Waals surface area contributed by atoms with E-state index in [9.17, 15) is 0 Å². The van der Waals surface area contributed by atoms with Crippen molar-refractivity contribution in [3.8, 4) is 44.5 Å². The summed E-state index contributed by atoms with van der Waals surface area (Å²) in [6, 6.07) is 76.1. The molecule has 4 heteroatoms. The van der Waals surface area contributed by atoms with Crippen molar-refractivity contribution < 1.29 is 17.4 Å². The number of benzene rings is 10. The van der Waals surface area contributed by atoms with Gasteiger partial charge >= 0.3 is 504 Å². The predicted molar refractivity (Wildman–Crippen MR) is 371 cm³/mol. The fourth-order valence-corrected chi connectivity index (χ4v) is 41.8. The van der Waals surface area contributed by atoms with E-state index in [1.807, 2.05) is 11.1 Å². The Kier molecular flexibility index (Phi) is 13.3. The third-order valence-corrected chi connectivity index (χ3v) is 41.7. The summed E-state index contributed by atoms with van der Waals surface area (Å²) in [5.41, 5.74) is 22.2. The minimum absolute atomic E-state index is 0. The van der Waals surface area contributed by atoms with Crippen LogP contribution in [0.4, 0.5) is 0 Å². The van der Waals surface area contributed by atoms with E-state index in [2.05, 4.69) is 222 Å². The van der Waals surface area contributed by atoms with Gasteiger partial charge in [0.15, 0.2) is 0 Å². The Hall–Kier alpha value is -5.60. The fourth-order valence-electron chi connectivity index (χ4n) is 22.4. The van der Waals surface area contributed by atoms with Crippen molar-refractivity contribution in [2.75, 3.05) is 0 Å². The zero-order chi connectivity index (χ0) is 55.7. The summed E-state index contributed by atoms with van der Waals surface area (Å²) < 4.78 is 6.79. The van der Waals surface area contributed by atoms with E-state index >= 15 is 0 Å². The van der Waals surface area contributed by atoms with Gasteiger partial charge in [-0.05, 0) is 0 Å². The van der Waals surface area contributed by atoms with Gasteiger partial charge in [0.25, 0.3) is 0 Å². The molecule has 0 saturated heterocycles. The van der Waals surface area contributed by atoms with Gasteiger partial charge in [-0.2, -0.15) is 0 Å². The molecule has 8 fully saturated rings. The van der Waals surface area contributed by atoms with Crippen LogP contribution in [0.5, 0.6) is 0 Å². The first kappa shape index (κ1) is 55.7. The van der Waals surface area contributed by atoms with Crippen molar-refractivity contribution in [2.24, 2.45) is 46.3 Å². The molecule has 0 amide bonds. The summed E-state index contributed by atoms with van der Waals surface area (Å²) in [5, 5.41) is 10.8. The predicted octanol–water partition coefficient (Wildman–Crippen LogP) is 22.9. The maximum atomic E-state index is 3.05. The molecular formula is C82H80Cl2SiZr. The zero-order valence-electron chi connectivity index (χ0n) is 50.2. The summed E-state index contributed by atoms with van der Waals surface area (Å²) in [5.74, 6) is 5.40. The van der Waals surface area contributed by atoms with Crippen molar-refractivity contribution in [3.63, 3.8) is 0 Å². The van der Waals surface area contributed by atoms with Crippen LogP contribution in [-0.2, 0) is 17.4 Å². The first-order chi connectivity index (χ1) is 41.0. The molecule has 2 unspecified atom stereocenters. The molecule has 0 radical (unpaired) electrons. The Morgan fingerprint density at radius 3 is 0.884 bits per heavy atom. The molecule has 0 nitrogen and oxygen atoms in total. The minimum atomic E-state index is -4.69. The molecule has 2 atom stereocenters. The molecule has 0 aliphatic heterocycles. The van der Waals surface area contributed by atoms with Gasteiger partial charge in [0, 0.05) is 0 Å². The molecule has 0 heterocycles. The zero-order valence-corrected chi connectivity index (χ0v) is 55.7. The van der Waals surface area contributed by atoms with E-state index in [1.54, 1.807) is 11.1 Å². The normalized spacial score (nSPS) is 27.5. The fraction of sp³-hybridized carbons (Fsp3) is 0.317. The molecule has 0 N–H and O–H groups in total. The molecule has 8 saturated carbocycles.